The second-order valence-corrected chi connectivity index (χ2v) is 9.94. The van der Waals surface area contributed by atoms with Crippen molar-refractivity contribution in [1.29, 1.82) is 0 Å². The highest BCUT2D eigenvalue weighted by atomic mass is 28.2. The van der Waals surface area contributed by atoms with Crippen molar-refractivity contribution in [2.45, 2.75) is 62.4 Å². The molecule has 0 unspecified atom stereocenters. The summed E-state index contributed by atoms with van der Waals surface area (Å²) in [6.45, 7) is 2.33. The number of unbranched alkanes of at least 4 members (excludes halogenated alkanes) is 2. The van der Waals surface area contributed by atoms with Gasteiger partial charge in [0.1, 0.15) is 0 Å². The molecule has 0 aromatic rings. The third kappa shape index (κ3) is 15.5. The average Bonchev–Trinajstić information content (AvgIpc) is 2.59. The quantitative estimate of drug-likeness (QED) is 0.226. The molecule has 0 radical (unpaired) electrons. The van der Waals surface area contributed by atoms with E-state index < -0.39 is 0 Å². The zero-order valence-electron chi connectivity index (χ0n) is 15.8. The van der Waals surface area contributed by atoms with Crippen LogP contribution in [-0.2, 0) is 18.9 Å². The normalized spacial score (nSPS) is 12.8. The molecule has 0 bridgehead atoms. The summed E-state index contributed by atoms with van der Waals surface area (Å²) in [7, 11) is 6.87. The molecule has 0 aliphatic carbocycles. The lowest BCUT2D eigenvalue weighted by atomic mass is 10.3. The second-order valence-electron chi connectivity index (χ2n) is 5.96. The van der Waals surface area contributed by atoms with E-state index in [1.54, 1.807) is 28.4 Å². The lowest BCUT2D eigenvalue weighted by molar-refractivity contribution is -0.0878. The maximum atomic E-state index is 5.21. The molecule has 0 atom stereocenters. The SMILES string of the molecule is COC(C[SiH2]CCCCNCCCC[SiH2]CC(OC)OC)OC. The van der Waals surface area contributed by atoms with Crippen molar-refractivity contribution in [3.05, 3.63) is 0 Å². The maximum Gasteiger partial charge on any atom is 0.153 e. The zero-order chi connectivity index (χ0) is 17.2. The van der Waals surface area contributed by atoms with Gasteiger partial charge in [0.15, 0.2) is 12.6 Å². The summed E-state index contributed by atoms with van der Waals surface area (Å²) >= 11 is 0. The van der Waals surface area contributed by atoms with Crippen LogP contribution >= 0.6 is 0 Å². The molecule has 0 aliphatic heterocycles. The van der Waals surface area contributed by atoms with Gasteiger partial charge < -0.3 is 24.3 Å². The van der Waals surface area contributed by atoms with Crippen LogP contribution in [0.15, 0.2) is 0 Å². The fraction of sp³-hybridized carbons (Fsp3) is 1.00. The van der Waals surface area contributed by atoms with Crippen molar-refractivity contribution in [3.8, 4) is 0 Å². The van der Waals surface area contributed by atoms with Crippen LogP contribution in [-0.4, -0.2) is 73.1 Å². The Kier molecular flexibility index (Phi) is 18.8. The number of rotatable bonds is 18. The average molecular weight is 366 g/mol. The molecule has 0 saturated heterocycles. The highest BCUT2D eigenvalue weighted by Gasteiger charge is 2.04. The van der Waals surface area contributed by atoms with Gasteiger partial charge in [-0.2, -0.15) is 0 Å². The first-order chi connectivity index (χ1) is 11.3. The van der Waals surface area contributed by atoms with Gasteiger partial charge in [0.2, 0.25) is 0 Å². The van der Waals surface area contributed by atoms with Gasteiger partial charge in [-0.3, -0.25) is 0 Å². The van der Waals surface area contributed by atoms with Crippen molar-refractivity contribution >= 4 is 19.0 Å². The molecule has 0 spiro atoms. The predicted octanol–water partition coefficient (Wildman–Crippen LogP) is 1.38. The molecule has 0 amide bonds. The van der Waals surface area contributed by atoms with E-state index >= 15 is 0 Å². The van der Waals surface area contributed by atoms with E-state index in [1.165, 1.54) is 50.9 Å². The van der Waals surface area contributed by atoms with E-state index in [1.807, 2.05) is 0 Å². The van der Waals surface area contributed by atoms with Crippen LogP contribution in [0.4, 0.5) is 0 Å². The minimum Gasteiger partial charge on any atom is -0.356 e. The molecule has 0 aromatic carbocycles. The highest BCUT2D eigenvalue weighted by molar-refractivity contribution is 6.35. The Hall–Kier alpha value is 0.234. The number of ether oxygens (including phenoxy) is 4. The van der Waals surface area contributed by atoms with Crippen LogP contribution < -0.4 is 5.32 Å². The molecule has 0 aromatic heterocycles. The van der Waals surface area contributed by atoms with Crippen LogP contribution in [0.25, 0.3) is 0 Å². The molecular formula is C16H39NO4Si2. The van der Waals surface area contributed by atoms with Gasteiger partial charge in [0.05, 0.1) is 0 Å². The minimum atomic E-state index is -0.0164. The lowest BCUT2D eigenvalue weighted by Gasteiger charge is -2.12. The molecule has 0 heterocycles. The molecule has 7 heteroatoms. The van der Waals surface area contributed by atoms with Gasteiger partial charge >= 0.3 is 0 Å². The highest BCUT2D eigenvalue weighted by Crippen LogP contribution is 2.04. The monoisotopic (exact) mass is 365 g/mol. The summed E-state index contributed by atoms with van der Waals surface area (Å²) < 4.78 is 20.9. The number of nitrogens with one attached hydrogen (secondary N) is 1. The van der Waals surface area contributed by atoms with E-state index in [-0.39, 0.29) is 31.6 Å². The summed E-state index contributed by atoms with van der Waals surface area (Å²) in [5, 5.41) is 3.56. The molecule has 140 valence electrons. The Morgan fingerprint density at radius 3 is 1.39 bits per heavy atom. The number of hydrogen-bond donors (Lipinski definition) is 1. The minimum absolute atomic E-state index is 0.0164. The Labute approximate surface area is 147 Å². The van der Waals surface area contributed by atoms with E-state index in [0.29, 0.717) is 0 Å². The molecular weight excluding hydrogens is 326 g/mol. The fourth-order valence-corrected chi connectivity index (χ4v) is 6.22. The van der Waals surface area contributed by atoms with Gasteiger partial charge in [0.25, 0.3) is 0 Å². The van der Waals surface area contributed by atoms with Crippen molar-refractivity contribution in [1.82, 2.24) is 5.32 Å². The van der Waals surface area contributed by atoms with E-state index in [9.17, 15) is 0 Å². The van der Waals surface area contributed by atoms with Crippen molar-refractivity contribution in [2.75, 3.05) is 41.5 Å². The summed E-state index contributed by atoms with van der Waals surface area (Å²) in [6, 6.07) is 5.07. The second kappa shape index (κ2) is 18.6. The first-order valence-electron chi connectivity index (χ1n) is 9.10. The molecule has 0 aliphatic rings. The Bertz CT molecular complexity index is 208. The van der Waals surface area contributed by atoms with Gasteiger partial charge in [0, 0.05) is 47.5 Å². The van der Waals surface area contributed by atoms with Gasteiger partial charge in [-0.05, 0) is 38.0 Å². The number of methoxy groups -OCH3 is 4. The largest absolute Gasteiger partial charge is 0.356 e. The van der Waals surface area contributed by atoms with Crippen LogP contribution in [0.5, 0.6) is 0 Å². The van der Waals surface area contributed by atoms with Crippen molar-refractivity contribution < 1.29 is 18.9 Å². The summed E-state index contributed by atoms with van der Waals surface area (Å²) in [5.41, 5.74) is 0. The third-order valence-corrected chi connectivity index (χ3v) is 7.90. The fourth-order valence-electron chi connectivity index (χ4n) is 2.62. The predicted molar refractivity (Wildman–Crippen MR) is 103 cm³/mol. The first-order valence-corrected chi connectivity index (χ1v) is 13.1. The van der Waals surface area contributed by atoms with Crippen LogP contribution in [0, 0.1) is 0 Å². The standard InChI is InChI=1S/C16H39NO4Si2/c1-18-15(19-2)13-22-11-7-5-9-17-10-6-8-12-23-14-16(20-3)21-4/h15-17H,5-14,22-23H2,1-4H3. The zero-order valence-corrected chi connectivity index (χ0v) is 18.6. The van der Waals surface area contributed by atoms with E-state index in [4.69, 9.17) is 18.9 Å². The van der Waals surface area contributed by atoms with Crippen LogP contribution in [0.1, 0.15) is 25.7 Å². The van der Waals surface area contributed by atoms with E-state index in [0.717, 1.165) is 12.1 Å². The summed E-state index contributed by atoms with van der Waals surface area (Å²) in [6.07, 6.45) is 5.37. The molecule has 0 saturated carbocycles. The Morgan fingerprint density at radius 2 is 1.04 bits per heavy atom. The van der Waals surface area contributed by atoms with Gasteiger partial charge in [-0.1, -0.05) is 24.9 Å². The Morgan fingerprint density at radius 1 is 0.652 bits per heavy atom. The molecule has 5 nitrogen and oxygen atoms in total. The van der Waals surface area contributed by atoms with Crippen molar-refractivity contribution in [3.63, 3.8) is 0 Å². The van der Waals surface area contributed by atoms with Crippen LogP contribution in [0.2, 0.25) is 24.2 Å². The Balaban J connectivity index is 3.13. The molecule has 0 fully saturated rings. The van der Waals surface area contributed by atoms with Gasteiger partial charge in [-0.15, -0.1) is 0 Å². The van der Waals surface area contributed by atoms with Gasteiger partial charge in [-0.25, -0.2) is 0 Å². The molecule has 23 heavy (non-hydrogen) atoms. The lowest BCUT2D eigenvalue weighted by Crippen LogP contribution is -2.18. The summed E-state index contributed by atoms with van der Waals surface area (Å²) in [4.78, 5) is 0. The number of hydrogen-bond acceptors (Lipinski definition) is 5. The van der Waals surface area contributed by atoms with Crippen molar-refractivity contribution in [2.24, 2.45) is 0 Å². The smallest absolute Gasteiger partial charge is 0.153 e. The van der Waals surface area contributed by atoms with Crippen LogP contribution in [0.3, 0.4) is 0 Å². The molecule has 1 N–H and O–H groups in total. The maximum absolute atomic E-state index is 5.21. The molecule has 0 rings (SSSR count). The van der Waals surface area contributed by atoms with E-state index in [2.05, 4.69) is 5.32 Å². The first kappa shape index (κ1) is 23.2. The third-order valence-electron chi connectivity index (χ3n) is 4.14. The summed E-state index contributed by atoms with van der Waals surface area (Å²) in [5.74, 6) is 0. The topological polar surface area (TPSA) is 49.0 Å².